The van der Waals surface area contributed by atoms with Crippen molar-refractivity contribution >= 4 is 5.69 Å². The summed E-state index contributed by atoms with van der Waals surface area (Å²) in [4.78, 5) is 9.91. The molecule has 2 atom stereocenters. The Morgan fingerprint density at radius 3 is 2.50 bits per heavy atom. The molecule has 0 aliphatic carbocycles. The average molecular weight is 195 g/mol. The van der Waals surface area contributed by atoms with Gasteiger partial charge in [-0.1, -0.05) is 0 Å². The van der Waals surface area contributed by atoms with Gasteiger partial charge in [-0.3, -0.25) is 10.1 Å². The summed E-state index contributed by atoms with van der Waals surface area (Å²) in [5.74, 6) is 0. The van der Waals surface area contributed by atoms with E-state index in [2.05, 4.69) is 0 Å². The van der Waals surface area contributed by atoms with Crippen molar-refractivity contribution in [2.24, 2.45) is 0 Å². The van der Waals surface area contributed by atoms with E-state index in [1.54, 1.807) is 12.1 Å². The summed E-state index contributed by atoms with van der Waals surface area (Å²) in [7, 11) is 0. The second kappa shape index (κ2) is 3.36. The van der Waals surface area contributed by atoms with Crippen LogP contribution < -0.4 is 0 Å². The van der Waals surface area contributed by atoms with Crippen LogP contribution in [0.4, 0.5) is 5.69 Å². The van der Waals surface area contributed by atoms with Crippen LogP contribution in [0.5, 0.6) is 0 Å². The maximum absolute atomic E-state index is 10.4. The highest BCUT2D eigenvalue weighted by molar-refractivity contribution is 5.35. The SMILES string of the molecule is O=[N+]([O-])c1ccc(C2OC2CO)cc1. The fraction of sp³-hybridized carbons (Fsp3) is 0.333. The van der Waals surface area contributed by atoms with Crippen LogP contribution in [0.1, 0.15) is 11.7 Å². The molecule has 1 heterocycles. The number of nitro benzene ring substituents is 1. The Kier molecular flexibility index (Phi) is 2.18. The highest BCUT2D eigenvalue weighted by Gasteiger charge is 2.39. The molecule has 0 amide bonds. The number of ether oxygens (including phenoxy) is 1. The van der Waals surface area contributed by atoms with Gasteiger partial charge >= 0.3 is 0 Å². The lowest BCUT2D eigenvalue weighted by molar-refractivity contribution is -0.384. The van der Waals surface area contributed by atoms with Crippen LogP contribution in [0.3, 0.4) is 0 Å². The number of hydrogen-bond acceptors (Lipinski definition) is 4. The van der Waals surface area contributed by atoms with Crippen LogP contribution in [0.2, 0.25) is 0 Å². The lowest BCUT2D eigenvalue weighted by atomic mass is 10.1. The highest BCUT2D eigenvalue weighted by Crippen LogP contribution is 2.38. The van der Waals surface area contributed by atoms with E-state index in [1.165, 1.54) is 12.1 Å². The number of epoxide rings is 1. The number of non-ortho nitro benzene ring substituents is 1. The maximum atomic E-state index is 10.4. The standard InChI is InChI=1S/C9H9NO4/c11-5-8-9(14-8)6-1-3-7(4-2-6)10(12)13/h1-4,8-9,11H,5H2. The average Bonchev–Trinajstić information content (AvgIpc) is 2.97. The van der Waals surface area contributed by atoms with Gasteiger partial charge in [0.2, 0.25) is 0 Å². The Morgan fingerprint density at radius 1 is 1.43 bits per heavy atom. The van der Waals surface area contributed by atoms with Crippen LogP contribution in [0.25, 0.3) is 0 Å². The molecule has 14 heavy (non-hydrogen) atoms. The third-order valence-electron chi connectivity index (χ3n) is 2.19. The largest absolute Gasteiger partial charge is 0.394 e. The highest BCUT2D eigenvalue weighted by atomic mass is 16.6. The first-order valence-electron chi connectivity index (χ1n) is 4.23. The second-order valence-corrected chi connectivity index (χ2v) is 3.13. The summed E-state index contributed by atoms with van der Waals surface area (Å²) in [6.07, 6.45) is -0.239. The summed E-state index contributed by atoms with van der Waals surface area (Å²) < 4.78 is 5.13. The Bertz CT molecular complexity index is 348. The van der Waals surface area contributed by atoms with Crippen molar-refractivity contribution in [2.75, 3.05) is 6.61 Å². The van der Waals surface area contributed by atoms with Gasteiger partial charge < -0.3 is 9.84 Å². The quantitative estimate of drug-likeness (QED) is 0.444. The molecule has 5 nitrogen and oxygen atoms in total. The number of hydrogen-bond donors (Lipinski definition) is 1. The maximum Gasteiger partial charge on any atom is 0.269 e. The van der Waals surface area contributed by atoms with Crippen molar-refractivity contribution in [3.8, 4) is 0 Å². The number of nitrogens with zero attached hydrogens (tertiary/aromatic N) is 1. The molecule has 0 bridgehead atoms. The van der Waals surface area contributed by atoms with Crippen LogP contribution >= 0.6 is 0 Å². The van der Waals surface area contributed by atoms with E-state index in [1.807, 2.05) is 0 Å². The van der Waals surface area contributed by atoms with Gasteiger partial charge in [0.05, 0.1) is 11.5 Å². The minimum absolute atomic E-state index is 0.0122. The van der Waals surface area contributed by atoms with Crippen molar-refractivity contribution < 1.29 is 14.8 Å². The first kappa shape index (κ1) is 9.11. The smallest absolute Gasteiger partial charge is 0.269 e. The Labute approximate surface area is 80.1 Å². The first-order chi connectivity index (χ1) is 6.72. The van der Waals surface area contributed by atoms with Crippen LogP contribution in [-0.2, 0) is 4.74 Å². The zero-order valence-corrected chi connectivity index (χ0v) is 7.29. The van der Waals surface area contributed by atoms with E-state index in [0.29, 0.717) is 0 Å². The van der Waals surface area contributed by atoms with Crippen LogP contribution in [-0.4, -0.2) is 22.7 Å². The summed E-state index contributed by atoms with van der Waals surface area (Å²) >= 11 is 0. The molecule has 1 saturated heterocycles. The minimum atomic E-state index is -0.443. The van der Waals surface area contributed by atoms with Gasteiger partial charge in [0, 0.05) is 12.1 Å². The molecular formula is C9H9NO4. The van der Waals surface area contributed by atoms with Gasteiger partial charge in [0.15, 0.2) is 0 Å². The lowest BCUT2D eigenvalue weighted by Crippen LogP contribution is -1.94. The predicted octanol–water partition coefficient (Wildman–Crippen LogP) is 1.03. The van der Waals surface area contributed by atoms with Gasteiger partial charge in [-0.25, -0.2) is 0 Å². The second-order valence-electron chi connectivity index (χ2n) is 3.13. The normalized spacial score (nSPS) is 24.6. The molecule has 5 heteroatoms. The third kappa shape index (κ3) is 1.59. The number of aliphatic hydroxyl groups is 1. The summed E-state index contributed by atoms with van der Waals surface area (Å²) in [6.45, 7) is -0.0122. The molecule has 0 radical (unpaired) electrons. The Hall–Kier alpha value is -1.46. The zero-order valence-electron chi connectivity index (χ0n) is 7.29. The molecule has 1 aliphatic heterocycles. The number of benzene rings is 1. The van der Waals surface area contributed by atoms with Gasteiger partial charge in [0.25, 0.3) is 5.69 Å². The molecule has 2 unspecified atom stereocenters. The van der Waals surface area contributed by atoms with Crippen molar-refractivity contribution in [3.63, 3.8) is 0 Å². The summed E-state index contributed by atoms with van der Waals surface area (Å²) in [5, 5.41) is 19.1. The van der Waals surface area contributed by atoms with E-state index < -0.39 is 4.92 Å². The topological polar surface area (TPSA) is 75.9 Å². The van der Waals surface area contributed by atoms with Gasteiger partial charge in [-0.2, -0.15) is 0 Å². The molecule has 74 valence electrons. The fourth-order valence-electron chi connectivity index (χ4n) is 1.36. The van der Waals surface area contributed by atoms with Crippen molar-refractivity contribution in [3.05, 3.63) is 39.9 Å². The van der Waals surface area contributed by atoms with Crippen molar-refractivity contribution in [1.82, 2.24) is 0 Å². The van der Waals surface area contributed by atoms with Crippen LogP contribution in [0.15, 0.2) is 24.3 Å². The van der Waals surface area contributed by atoms with Crippen molar-refractivity contribution in [1.29, 1.82) is 0 Å². The van der Waals surface area contributed by atoms with E-state index in [-0.39, 0.29) is 24.5 Å². The molecule has 1 aliphatic rings. The van der Waals surface area contributed by atoms with Crippen LogP contribution in [0, 0.1) is 10.1 Å². The molecule has 2 rings (SSSR count). The molecular weight excluding hydrogens is 186 g/mol. The zero-order chi connectivity index (χ0) is 10.1. The monoisotopic (exact) mass is 195 g/mol. The molecule has 1 fully saturated rings. The lowest BCUT2D eigenvalue weighted by Gasteiger charge is -1.94. The van der Waals surface area contributed by atoms with Gasteiger partial charge in [-0.05, 0) is 17.7 Å². The van der Waals surface area contributed by atoms with Crippen molar-refractivity contribution in [2.45, 2.75) is 12.2 Å². The fourth-order valence-corrected chi connectivity index (χ4v) is 1.36. The molecule has 1 aromatic carbocycles. The van der Waals surface area contributed by atoms with E-state index in [4.69, 9.17) is 9.84 Å². The number of aliphatic hydroxyl groups excluding tert-OH is 1. The molecule has 1 aromatic rings. The predicted molar refractivity (Wildman–Crippen MR) is 47.8 cm³/mol. The van der Waals surface area contributed by atoms with E-state index >= 15 is 0 Å². The van der Waals surface area contributed by atoms with E-state index in [9.17, 15) is 10.1 Å². The minimum Gasteiger partial charge on any atom is -0.394 e. The summed E-state index contributed by atoms with van der Waals surface area (Å²) in [5.41, 5.74) is 0.935. The first-order valence-corrected chi connectivity index (χ1v) is 4.23. The third-order valence-corrected chi connectivity index (χ3v) is 2.19. The molecule has 1 N–H and O–H groups in total. The Morgan fingerprint density at radius 2 is 2.07 bits per heavy atom. The molecule has 0 aromatic heterocycles. The Balaban J connectivity index is 2.11. The molecule has 0 saturated carbocycles. The number of rotatable bonds is 3. The van der Waals surface area contributed by atoms with Gasteiger partial charge in [-0.15, -0.1) is 0 Å². The molecule has 0 spiro atoms. The summed E-state index contributed by atoms with van der Waals surface area (Å²) in [6, 6.07) is 6.17. The van der Waals surface area contributed by atoms with E-state index in [0.717, 1.165) is 5.56 Å². The van der Waals surface area contributed by atoms with Gasteiger partial charge in [0.1, 0.15) is 12.2 Å². The number of nitro groups is 1.